The van der Waals surface area contributed by atoms with Crippen LogP contribution < -0.4 is 10.1 Å². The van der Waals surface area contributed by atoms with Gasteiger partial charge in [0.2, 0.25) is 5.72 Å². The van der Waals surface area contributed by atoms with Crippen molar-refractivity contribution in [1.82, 2.24) is 15.1 Å². The van der Waals surface area contributed by atoms with Gasteiger partial charge in [-0.25, -0.2) is 9.29 Å². The summed E-state index contributed by atoms with van der Waals surface area (Å²) in [4.78, 5) is 39.0. The van der Waals surface area contributed by atoms with E-state index in [1.807, 2.05) is 27.7 Å². The SMILES string of the molecule is CC.CC.CNC(=O)C(O)(CCC=O)N1C(=O)c2cccc(OCc3ccc(CN4CCOCC4)cc3F)c2C1(O)O. The maximum Gasteiger partial charge on any atom is 0.284 e. The molecule has 2 amide bonds. The van der Waals surface area contributed by atoms with Crippen molar-refractivity contribution in [2.24, 2.45) is 0 Å². The van der Waals surface area contributed by atoms with Gasteiger partial charge in [0, 0.05) is 45.1 Å². The van der Waals surface area contributed by atoms with Crippen molar-refractivity contribution in [3.05, 3.63) is 64.5 Å². The molecular weight excluding hydrogens is 549 g/mol. The third-order valence-corrected chi connectivity index (χ3v) is 6.69. The van der Waals surface area contributed by atoms with Crippen molar-refractivity contribution < 1.29 is 43.6 Å². The van der Waals surface area contributed by atoms with E-state index in [9.17, 15) is 34.1 Å². The first kappa shape index (κ1) is 34.8. The molecule has 0 aromatic heterocycles. The predicted octanol–water partition coefficient (Wildman–Crippen LogP) is 2.25. The lowest BCUT2D eigenvalue weighted by Gasteiger charge is -2.40. The van der Waals surface area contributed by atoms with Crippen molar-refractivity contribution in [1.29, 1.82) is 0 Å². The molecule has 0 aliphatic carbocycles. The Hall–Kier alpha value is -3.42. The maximum absolute atomic E-state index is 14.9. The quantitative estimate of drug-likeness (QED) is 0.241. The van der Waals surface area contributed by atoms with Gasteiger partial charge in [-0.1, -0.05) is 45.9 Å². The number of amides is 2. The van der Waals surface area contributed by atoms with E-state index in [4.69, 9.17) is 9.47 Å². The molecular formula is C30H42FN3O8. The average molecular weight is 592 g/mol. The smallest absolute Gasteiger partial charge is 0.284 e. The van der Waals surface area contributed by atoms with E-state index in [0.717, 1.165) is 18.7 Å². The zero-order valence-corrected chi connectivity index (χ0v) is 24.9. The van der Waals surface area contributed by atoms with Gasteiger partial charge in [0.1, 0.15) is 24.5 Å². The van der Waals surface area contributed by atoms with Gasteiger partial charge in [0.15, 0.2) is 0 Å². The minimum atomic E-state index is -3.17. The van der Waals surface area contributed by atoms with Crippen LogP contribution in [-0.2, 0) is 33.4 Å². The Kier molecular flexibility index (Phi) is 13.0. The van der Waals surface area contributed by atoms with Gasteiger partial charge in [-0.15, -0.1) is 0 Å². The fourth-order valence-corrected chi connectivity index (χ4v) is 4.74. The Bertz CT molecular complexity index is 1220. The third kappa shape index (κ3) is 7.31. The van der Waals surface area contributed by atoms with Crippen LogP contribution in [0.3, 0.4) is 0 Å². The molecule has 11 nitrogen and oxygen atoms in total. The van der Waals surface area contributed by atoms with Crippen LogP contribution in [0.25, 0.3) is 0 Å². The lowest BCUT2D eigenvalue weighted by atomic mass is 10.0. The fourth-order valence-electron chi connectivity index (χ4n) is 4.74. The van der Waals surface area contributed by atoms with Gasteiger partial charge >= 0.3 is 0 Å². The summed E-state index contributed by atoms with van der Waals surface area (Å²) in [6, 6.07) is 8.80. The number of hydrogen-bond acceptors (Lipinski definition) is 9. The van der Waals surface area contributed by atoms with Crippen LogP contribution in [0.4, 0.5) is 4.39 Å². The van der Waals surface area contributed by atoms with Crippen LogP contribution in [-0.4, -0.2) is 82.3 Å². The molecule has 2 aliphatic rings. The van der Waals surface area contributed by atoms with Crippen molar-refractivity contribution in [3.8, 4) is 5.75 Å². The summed E-state index contributed by atoms with van der Waals surface area (Å²) >= 11 is 0. The normalized spacial score (nSPS) is 17.1. The number of likely N-dealkylation sites (N-methyl/N-ethyl adjacent to an activating group) is 1. The number of benzene rings is 2. The molecule has 2 heterocycles. The first-order chi connectivity index (χ1) is 20.1. The largest absolute Gasteiger partial charge is 0.488 e. The van der Waals surface area contributed by atoms with E-state index in [-0.39, 0.29) is 34.8 Å². The molecule has 0 spiro atoms. The van der Waals surface area contributed by atoms with E-state index in [1.54, 1.807) is 12.1 Å². The van der Waals surface area contributed by atoms with E-state index in [1.165, 1.54) is 31.3 Å². The summed E-state index contributed by atoms with van der Waals surface area (Å²) in [7, 11) is 1.19. The summed E-state index contributed by atoms with van der Waals surface area (Å²) in [6.45, 7) is 11.1. The minimum absolute atomic E-state index is 0.158. The van der Waals surface area contributed by atoms with E-state index in [2.05, 4.69) is 10.2 Å². The molecule has 0 radical (unpaired) electrons. The Morgan fingerprint density at radius 2 is 1.83 bits per heavy atom. The molecule has 1 fully saturated rings. The Morgan fingerprint density at radius 3 is 2.43 bits per heavy atom. The van der Waals surface area contributed by atoms with Crippen LogP contribution in [0.1, 0.15) is 67.6 Å². The fraction of sp³-hybridized carbons (Fsp3) is 0.500. The highest BCUT2D eigenvalue weighted by molar-refractivity contribution is 6.03. The summed E-state index contributed by atoms with van der Waals surface area (Å²) in [5.74, 6) is -6.02. The number of nitrogens with zero attached hydrogens (tertiary/aromatic N) is 2. The van der Waals surface area contributed by atoms with Crippen LogP contribution in [0, 0.1) is 5.82 Å². The summed E-state index contributed by atoms with van der Waals surface area (Å²) in [5, 5.41) is 35.3. The molecule has 1 unspecified atom stereocenters. The molecule has 4 N–H and O–H groups in total. The number of aldehydes is 1. The second-order valence-corrected chi connectivity index (χ2v) is 9.16. The number of rotatable bonds is 10. The van der Waals surface area contributed by atoms with Crippen LogP contribution in [0.15, 0.2) is 36.4 Å². The second kappa shape index (κ2) is 15.7. The monoisotopic (exact) mass is 591 g/mol. The Balaban J connectivity index is 0.00000148. The van der Waals surface area contributed by atoms with Gasteiger partial charge < -0.3 is 34.9 Å². The van der Waals surface area contributed by atoms with Crippen LogP contribution in [0.5, 0.6) is 5.75 Å². The topological polar surface area (TPSA) is 149 Å². The van der Waals surface area contributed by atoms with E-state index in [0.29, 0.717) is 26.0 Å². The molecule has 0 saturated carbocycles. The summed E-state index contributed by atoms with van der Waals surface area (Å²) < 4.78 is 25.9. The van der Waals surface area contributed by atoms with Crippen LogP contribution in [0.2, 0.25) is 0 Å². The van der Waals surface area contributed by atoms with Gasteiger partial charge in [-0.05, 0) is 23.8 Å². The molecule has 2 aromatic rings. The molecule has 2 aromatic carbocycles. The Morgan fingerprint density at radius 1 is 1.17 bits per heavy atom. The molecule has 4 rings (SSSR count). The van der Waals surface area contributed by atoms with Crippen molar-refractivity contribution in [2.45, 2.75) is 65.3 Å². The molecule has 1 saturated heterocycles. The predicted molar refractivity (Wildman–Crippen MR) is 153 cm³/mol. The number of nitrogens with one attached hydrogen (secondary N) is 1. The average Bonchev–Trinajstić information content (AvgIpc) is 3.22. The highest BCUT2D eigenvalue weighted by Gasteiger charge is 2.60. The maximum atomic E-state index is 14.9. The van der Waals surface area contributed by atoms with E-state index >= 15 is 0 Å². The third-order valence-electron chi connectivity index (χ3n) is 6.69. The zero-order valence-electron chi connectivity index (χ0n) is 24.9. The summed E-state index contributed by atoms with van der Waals surface area (Å²) in [6.07, 6.45) is -0.505. The standard InChI is InChI=1S/C26H30FN3O8.2C2H6/c1-28-24(33)25(34,8-3-11-31)30-23(32)19-4-2-5-21(22(19)26(30,35)36)38-16-18-7-6-17(14-20(18)27)15-29-9-12-37-13-10-29;2*1-2/h2,4-7,11,14,34-36H,3,8-10,12-13,15-16H2,1H3,(H,28,33);2*1-2H3. The lowest BCUT2D eigenvalue weighted by Crippen LogP contribution is -2.64. The molecule has 1 atom stereocenters. The van der Waals surface area contributed by atoms with Crippen LogP contribution >= 0.6 is 0 Å². The first-order valence-corrected chi connectivity index (χ1v) is 14.1. The zero-order chi connectivity index (χ0) is 31.5. The molecule has 2 aliphatic heterocycles. The molecule has 42 heavy (non-hydrogen) atoms. The molecule has 12 heteroatoms. The van der Waals surface area contributed by atoms with Gasteiger partial charge in [0.05, 0.1) is 24.3 Å². The number of carbonyl (C=O) groups is 3. The van der Waals surface area contributed by atoms with Gasteiger partial charge in [-0.3, -0.25) is 14.5 Å². The van der Waals surface area contributed by atoms with Gasteiger partial charge in [0.25, 0.3) is 17.7 Å². The second-order valence-electron chi connectivity index (χ2n) is 9.16. The Labute approximate surface area is 245 Å². The highest BCUT2D eigenvalue weighted by Crippen LogP contribution is 2.45. The van der Waals surface area contributed by atoms with Gasteiger partial charge in [-0.2, -0.15) is 0 Å². The van der Waals surface area contributed by atoms with Crippen molar-refractivity contribution in [3.63, 3.8) is 0 Å². The van der Waals surface area contributed by atoms with E-state index < -0.39 is 41.3 Å². The first-order valence-electron chi connectivity index (χ1n) is 14.1. The summed E-state index contributed by atoms with van der Waals surface area (Å²) in [5.41, 5.74) is -2.42. The number of ether oxygens (including phenoxy) is 2. The number of fused-ring (bicyclic) bond motifs is 1. The number of aliphatic hydroxyl groups is 3. The number of carbonyl (C=O) groups excluding carboxylic acids is 3. The molecule has 232 valence electrons. The van der Waals surface area contributed by atoms with Crippen molar-refractivity contribution in [2.75, 3.05) is 33.4 Å². The minimum Gasteiger partial charge on any atom is -0.488 e. The lowest BCUT2D eigenvalue weighted by molar-refractivity contribution is -0.302. The number of halogens is 1. The number of hydrogen-bond donors (Lipinski definition) is 4. The molecule has 0 bridgehead atoms. The number of morpholine rings is 1. The highest BCUT2D eigenvalue weighted by atomic mass is 19.1. The van der Waals surface area contributed by atoms with Crippen molar-refractivity contribution >= 4 is 18.1 Å².